The highest BCUT2D eigenvalue weighted by molar-refractivity contribution is 5.45. The van der Waals surface area contributed by atoms with E-state index >= 15 is 0 Å². The van der Waals surface area contributed by atoms with Crippen LogP contribution in [0.5, 0.6) is 5.75 Å². The first-order valence-electron chi connectivity index (χ1n) is 10.1. The Morgan fingerprint density at radius 1 is 0.893 bits per heavy atom. The van der Waals surface area contributed by atoms with Gasteiger partial charge in [-0.15, -0.1) is 0 Å². The molecular weight excluding hydrogens is 350 g/mol. The summed E-state index contributed by atoms with van der Waals surface area (Å²) in [5.74, 6) is 1.20. The SMILES string of the molecule is CC1(C)C(N2CCN(c3ccccn3)CC2)C(C)(C)C1(O)c1ccccc1O. The van der Waals surface area contributed by atoms with Crippen molar-refractivity contribution in [2.75, 3.05) is 31.1 Å². The second kappa shape index (κ2) is 6.46. The summed E-state index contributed by atoms with van der Waals surface area (Å²) in [7, 11) is 0. The van der Waals surface area contributed by atoms with Crippen LogP contribution in [0.4, 0.5) is 5.82 Å². The lowest BCUT2D eigenvalue weighted by molar-refractivity contribution is -0.308. The number of para-hydroxylation sites is 1. The Kier molecular flexibility index (Phi) is 4.43. The number of aliphatic hydroxyl groups is 1. The van der Waals surface area contributed by atoms with Crippen LogP contribution in [0.2, 0.25) is 0 Å². The Bertz CT molecular complexity index is 826. The predicted octanol–water partition coefficient (Wildman–Crippen LogP) is 3.23. The average molecular weight is 382 g/mol. The second-order valence-corrected chi connectivity index (χ2v) is 9.28. The molecule has 2 N–H and O–H groups in total. The van der Waals surface area contributed by atoms with Crippen molar-refractivity contribution in [3.63, 3.8) is 0 Å². The molecule has 1 saturated carbocycles. The number of aromatic nitrogens is 1. The largest absolute Gasteiger partial charge is 0.508 e. The van der Waals surface area contributed by atoms with Crippen molar-refractivity contribution < 1.29 is 10.2 Å². The third kappa shape index (κ3) is 2.49. The van der Waals surface area contributed by atoms with Crippen LogP contribution < -0.4 is 4.90 Å². The summed E-state index contributed by atoms with van der Waals surface area (Å²) < 4.78 is 0. The number of hydrogen-bond acceptors (Lipinski definition) is 5. The van der Waals surface area contributed by atoms with E-state index in [1.165, 1.54) is 0 Å². The standard InChI is InChI=1S/C23H31N3O2/c1-21(2)20(22(3,4)23(21,28)17-9-5-6-10-18(17)27)26-15-13-25(14-16-26)19-11-7-8-12-24-19/h5-12,20,27-28H,13-16H2,1-4H3. The van der Waals surface area contributed by atoms with Crippen LogP contribution in [-0.4, -0.2) is 52.3 Å². The molecule has 2 heterocycles. The maximum Gasteiger partial charge on any atom is 0.128 e. The molecule has 28 heavy (non-hydrogen) atoms. The molecule has 2 aromatic rings. The molecule has 1 aliphatic heterocycles. The highest BCUT2D eigenvalue weighted by atomic mass is 16.3. The number of nitrogens with zero attached hydrogens (tertiary/aromatic N) is 3. The van der Waals surface area contributed by atoms with Crippen LogP contribution in [0.1, 0.15) is 33.3 Å². The summed E-state index contributed by atoms with van der Waals surface area (Å²) in [6.45, 7) is 12.2. The smallest absolute Gasteiger partial charge is 0.128 e. The lowest BCUT2D eigenvalue weighted by Crippen LogP contribution is -2.79. The minimum atomic E-state index is -1.09. The Morgan fingerprint density at radius 2 is 1.50 bits per heavy atom. The number of anilines is 1. The Labute approximate surface area is 167 Å². The molecule has 150 valence electrons. The number of phenolic OH excluding ortho intramolecular Hbond substituents is 1. The summed E-state index contributed by atoms with van der Waals surface area (Å²) in [6, 6.07) is 13.5. The quantitative estimate of drug-likeness (QED) is 0.855. The summed E-state index contributed by atoms with van der Waals surface area (Å²) in [5.41, 5.74) is -1.23. The van der Waals surface area contributed by atoms with Crippen molar-refractivity contribution in [1.82, 2.24) is 9.88 Å². The van der Waals surface area contributed by atoms with Crippen molar-refractivity contribution in [2.45, 2.75) is 39.3 Å². The van der Waals surface area contributed by atoms with Crippen molar-refractivity contribution in [1.29, 1.82) is 0 Å². The van der Waals surface area contributed by atoms with Gasteiger partial charge in [0.25, 0.3) is 0 Å². The Balaban J connectivity index is 1.56. The zero-order valence-electron chi connectivity index (χ0n) is 17.3. The maximum atomic E-state index is 11.8. The van der Waals surface area contributed by atoms with E-state index in [9.17, 15) is 10.2 Å². The summed E-state index contributed by atoms with van der Waals surface area (Å²) in [5, 5.41) is 22.3. The molecule has 1 aromatic heterocycles. The van der Waals surface area contributed by atoms with Crippen LogP contribution in [-0.2, 0) is 5.60 Å². The minimum absolute atomic E-state index is 0.171. The van der Waals surface area contributed by atoms with E-state index in [4.69, 9.17) is 0 Å². The van der Waals surface area contributed by atoms with Gasteiger partial charge in [-0.05, 0) is 18.2 Å². The molecule has 5 heteroatoms. The molecule has 1 saturated heterocycles. The van der Waals surface area contributed by atoms with E-state index in [-0.39, 0.29) is 22.6 Å². The maximum absolute atomic E-state index is 11.8. The number of rotatable bonds is 3. The van der Waals surface area contributed by atoms with Gasteiger partial charge in [0.1, 0.15) is 17.2 Å². The molecule has 5 nitrogen and oxygen atoms in total. The molecule has 2 aliphatic rings. The first-order chi connectivity index (χ1) is 13.2. The summed E-state index contributed by atoms with van der Waals surface area (Å²) >= 11 is 0. The first kappa shape index (κ1) is 19.2. The molecule has 2 fully saturated rings. The van der Waals surface area contributed by atoms with Gasteiger partial charge in [0.05, 0.1) is 0 Å². The number of piperazine rings is 1. The van der Waals surface area contributed by atoms with Gasteiger partial charge in [-0.25, -0.2) is 4.98 Å². The zero-order valence-corrected chi connectivity index (χ0v) is 17.3. The molecule has 0 atom stereocenters. The van der Waals surface area contributed by atoms with Crippen LogP contribution in [0.3, 0.4) is 0 Å². The fourth-order valence-corrected chi connectivity index (χ4v) is 6.19. The van der Waals surface area contributed by atoms with E-state index in [2.05, 4.69) is 48.5 Å². The molecule has 0 bridgehead atoms. The second-order valence-electron chi connectivity index (χ2n) is 9.28. The first-order valence-corrected chi connectivity index (χ1v) is 10.1. The number of hydrogen-bond donors (Lipinski definition) is 2. The van der Waals surface area contributed by atoms with Crippen molar-refractivity contribution in [2.24, 2.45) is 10.8 Å². The van der Waals surface area contributed by atoms with Gasteiger partial charge < -0.3 is 15.1 Å². The number of aromatic hydroxyl groups is 1. The van der Waals surface area contributed by atoms with Gasteiger partial charge in [0, 0.05) is 54.8 Å². The van der Waals surface area contributed by atoms with Crippen LogP contribution in [0, 0.1) is 10.8 Å². The highest BCUT2D eigenvalue weighted by Crippen LogP contribution is 2.69. The summed E-state index contributed by atoms with van der Waals surface area (Å²) in [4.78, 5) is 9.31. The van der Waals surface area contributed by atoms with Crippen LogP contribution >= 0.6 is 0 Å². The number of phenols is 1. The lowest BCUT2D eigenvalue weighted by Gasteiger charge is -2.72. The van der Waals surface area contributed by atoms with Gasteiger partial charge in [0.2, 0.25) is 0 Å². The van der Waals surface area contributed by atoms with Crippen LogP contribution in [0.25, 0.3) is 0 Å². The van der Waals surface area contributed by atoms with Gasteiger partial charge in [-0.1, -0.05) is 52.0 Å². The normalized spacial score (nSPS) is 29.3. The van der Waals surface area contributed by atoms with Crippen molar-refractivity contribution in [3.8, 4) is 5.75 Å². The van der Waals surface area contributed by atoms with Crippen molar-refractivity contribution in [3.05, 3.63) is 54.2 Å². The van der Waals surface area contributed by atoms with Gasteiger partial charge in [-0.3, -0.25) is 4.90 Å². The number of benzene rings is 1. The van der Waals surface area contributed by atoms with Gasteiger partial charge in [0.15, 0.2) is 0 Å². The molecule has 0 unspecified atom stereocenters. The predicted molar refractivity (Wildman–Crippen MR) is 111 cm³/mol. The van der Waals surface area contributed by atoms with Crippen LogP contribution in [0.15, 0.2) is 48.7 Å². The lowest BCUT2D eigenvalue weighted by atomic mass is 9.39. The van der Waals surface area contributed by atoms with E-state index in [0.29, 0.717) is 5.56 Å². The Hall–Kier alpha value is -2.11. The summed E-state index contributed by atoms with van der Waals surface area (Å²) in [6.07, 6.45) is 1.84. The third-order valence-electron chi connectivity index (χ3n) is 7.18. The molecular formula is C23H31N3O2. The average Bonchev–Trinajstić information content (AvgIpc) is 2.68. The topological polar surface area (TPSA) is 59.8 Å². The van der Waals surface area contributed by atoms with Gasteiger partial charge >= 0.3 is 0 Å². The van der Waals surface area contributed by atoms with E-state index in [1.807, 2.05) is 30.5 Å². The fourth-order valence-electron chi connectivity index (χ4n) is 6.19. The van der Waals surface area contributed by atoms with Crippen molar-refractivity contribution >= 4 is 5.82 Å². The molecule has 1 aliphatic carbocycles. The highest BCUT2D eigenvalue weighted by Gasteiger charge is 2.74. The molecule has 0 spiro atoms. The van der Waals surface area contributed by atoms with Gasteiger partial charge in [-0.2, -0.15) is 0 Å². The van der Waals surface area contributed by atoms with E-state index in [1.54, 1.807) is 12.1 Å². The fraction of sp³-hybridized carbons (Fsp3) is 0.522. The molecule has 0 amide bonds. The molecule has 0 radical (unpaired) electrons. The van der Waals surface area contributed by atoms with E-state index < -0.39 is 5.60 Å². The minimum Gasteiger partial charge on any atom is -0.508 e. The zero-order chi connectivity index (χ0) is 20.2. The molecule has 4 rings (SSSR count). The Morgan fingerprint density at radius 3 is 2.07 bits per heavy atom. The monoisotopic (exact) mass is 381 g/mol. The molecule has 1 aromatic carbocycles. The third-order valence-corrected chi connectivity index (χ3v) is 7.18. The number of pyridine rings is 1. The van der Waals surface area contributed by atoms with E-state index in [0.717, 1.165) is 32.0 Å².